The molecular weight excluding hydrogens is 308 g/mol. The fourth-order valence-electron chi connectivity index (χ4n) is 1.99. The van der Waals surface area contributed by atoms with Crippen molar-refractivity contribution in [3.8, 4) is 0 Å². The summed E-state index contributed by atoms with van der Waals surface area (Å²) in [6.45, 7) is 4.28. The van der Waals surface area contributed by atoms with E-state index in [-0.39, 0.29) is 4.83 Å². The monoisotopic (exact) mass is 322 g/mol. The minimum Gasteiger partial charge on any atom is -0.0843 e. The Hall–Kier alpha value is -0.790. The minimum atomic E-state index is 0.196. The van der Waals surface area contributed by atoms with E-state index < -0.39 is 0 Å². The molecule has 0 bridgehead atoms. The second-order valence-electron chi connectivity index (χ2n) is 4.46. The molecule has 1 atom stereocenters. The van der Waals surface area contributed by atoms with Gasteiger partial charge in [-0.1, -0.05) is 64.8 Å². The minimum absolute atomic E-state index is 0.196. The van der Waals surface area contributed by atoms with E-state index in [2.05, 4.69) is 60.1 Å². The van der Waals surface area contributed by atoms with Crippen molar-refractivity contribution in [3.63, 3.8) is 0 Å². The van der Waals surface area contributed by atoms with Gasteiger partial charge in [0.1, 0.15) is 0 Å². The van der Waals surface area contributed by atoms with Gasteiger partial charge in [-0.3, -0.25) is 0 Å². The number of hydrogen-bond donors (Lipinski definition) is 0. The van der Waals surface area contributed by atoms with Gasteiger partial charge >= 0.3 is 0 Å². The topological polar surface area (TPSA) is 0 Å². The molecule has 1 unspecified atom stereocenters. The highest BCUT2D eigenvalue weighted by Crippen LogP contribution is 2.34. The van der Waals surface area contributed by atoms with Crippen LogP contribution in [0.25, 0.3) is 0 Å². The fourth-order valence-corrected chi connectivity index (χ4v) is 2.97. The molecule has 0 aliphatic heterocycles. The molecular formula is C16H16BrCl. The van der Waals surface area contributed by atoms with E-state index in [1.165, 1.54) is 22.3 Å². The molecule has 0 aliphatic rings. The predicted octanol–water partition coefficient (Wildman–Crippen LogP) is 5.70. The van der Waals surface area contributed by atoms with Crippen molar-refractivity contribution < 1.29 is 0 Å². The van der Waals surface area contributed by atoms with Gasteiger partial charge in [-0.25, -0.2) is 0 Å². The number of benzene rings is 2. The second kappa shape index (κ2) is 5.90. The lowest BCUT2D eigenvalue weighted by Gasteiger charge is -2.14. The maximum Gasteiger partial charge on any atom is 0.0647 e. The molecule has 2 heteroatoms. The Bertz CT molecular complexity index is 531. The van der Waals surface area contributed by atoms with Crippen LogP contribution >= 0.6 is 27.5 Å². The zero-order valence-corrected chi connectivity index (χ0v) is 12.9. The molecule has 0 aliphatic carbocycles. The van der Waals surface area contributed by atoms with Crippen molar-refractivity contribution in [3.05, 3.63) is 69.7 Å². The van der Waals surface area contributed by atoms with E-state index in [0.717, 1.165) is 11.4 Å². The summed E-state index contributed by atoms with van der Waals surface area (Å²) in [5.74, 6) is 0. The molecule has 0 nitrogen and oxygen atoms in total. The van der Waals surface area contributed by atoms with Crippen molar-refractivity contribution in [1.82, 2.24) is 0 Å². The predicted molar refractivity (Wildman–Crippen MR) is 82.8 cm³/mol. The number of hydrogen-bond acceptors (Lipinski definition) is 0. The van der Waals surface area contributed by atoms with E-state index in [4.69, 9.17) is 11.6 Å². The highest BCUT2D eigenvalue weighted by molar-refractivity contribution is 9.09. The molecule has 0 aromatic heterocycles. The van der Waals surface area contributed by atoms with Crippen molar-refractivity contribution in [2.45, 2.75) is 25.1 Å². The Labute approximate surface area is 122 Å². The largest absolute Gasteiger partial charge is 0.0843 e. The van der Waals surface area contributed by atoms with Crippen LogP contribution in [0.15, 0.2) is 42.5 Å². The first-order chi connectivity index (χ1) is 8.61. The van der Waals surface area contributed by atoms with E-state index in [1.54, 1.807) is 0 Å². The summed E-state index contributed by atoms with van der Waals surface area (Å²) in [6.07, 6.45) is 1.07. The maximum absolute atomic E-state index is 6.08. The first-order valence-corrected chi connectivity index (χ1v) is 7.40. The summed E-state index contributed by atoms with van der Waals surface area (Å²) in [4.78, 5) is 0.196. The zero-order valence-electron chi connectivity index (χ0n) is 10.6. The molecule has 0 amide bonds. The molecule has 0 fully saturated rings. The summed E-state index contributed by atoms with van der Waals surface area (Å²) in [7, 11) is 0. The van der Waals surface area contributed by atoms with Gasteiger partial charge in [-0.05, 0) is 47.7 Å². The second-order valence-corrected chi connectivity index (χ2v) is 5.81. The van der Waals surface area contributed by atoms with Crippen LogP contribution in [0.4, 0.5) is 0 Å². The summed E-state index contributed by atoms with van der Waals surface area (Å²) >= 11 is 9.84. The molecule has 0 saturated carbocycles. The van der Waals surface area contributed by atoms with Crippen LogP contribution in [-0.4, -0.2) is 0 Å². The smallest absolute Gasteiger partial charge is 0.0647 e. The fraction of sp³-hybridized carbons (Fsp3) is 0.250. The quantitative estimate of drug-likeness (QED) is 0.636. The molecule has 0 saturated heterocycles. The Kier molecular flexibility index (Phi) is 4.47. The third-order valence-electron chi connectivity index (χ3n) is 3.19. The van der Waals surface area contributed by atoms with Crippen LogP contribution in [0.1, 0.15) is 34.0 Å². The lowest BCUT2D eigenvalue weighted by Crippen LogP contribution is -1.96. The normalized spacial score (nSPS) is 12.4. The first-order valence-electron chi connectivity index (χ1n) is 6.10. The highest BCUT2D eigenvalue weighted by atomic mass is 79.9. The van der Waals surface area contributed by atoms with Crippen LogP contribution in [-0.2, 0) is 6.42 Å². The van der Waals surface area contributed by atoms with Crippen LogP contribution in [0.2, 0.25) is 5.02 Å². The summed E-state index contributed by atoms with van der Waals surface area (Å²) in [5, 5.41) is 0.783. The molecule has 18 heavy (non-hydrogen) atoms. The average molecular weight is 324 g/mol. The lowest BCUT2D eigenvalue weighted by molar-refractivity contribution is 1.11. The van der Waals surface area contributed by atoms with Crippen molar-refractivity contribution >= 4 is 27.5 Å². The molecule has 94 valence electrons. The number of halogens is 2. The SMILES string of the molecule is CCc1ccc(C(Br)c2cc(Cl)ccc2C)cc1. The Morgan fingerprint density at radius 3 is 2.39 bits per heavy atom. The van der Waals surface area contributed by atoms with Gasteiger partial charge in [0.15, 0.2) is 0 Å². The molecule has 2 aromatic carbocycles. The van der Waals surface area contributed by atoms with Crippen molar-refractivity contribution in [2.75, 3.05) is 0 Å². The van der Waals surface area contributed by atoms with Crippen LogP contribution in [0.5, 0.6) is 0 Å². The third-order valence-corrected chi connectivity index (χ3v) is 4.45. The average Bonchev–Trinajstić information content (AvgIpc) is 2.41. The molecule has 0 heterocycles. The molecule has 0 radical (unpaired) electrons. The van der Waals surface area contributed by atoms with E-state index >= 15 is 0 Å². The van der Waals surface area contributed by atoms with Crippen LogP contribution in [0.3, 0.4) is 0 Å². The van der Waals surface area contributed by atoms with Crippen molar-refractivity contribution in [2.24, 2.45) is 0 Å². The lowest BCUT2D eigenvalue weighted by atomic mass is 9.99. The molecule has 2 rings (SSSR count). The van der Waals surface area contributed by atoms with E-state index in [9.17, 15) is 0 Å². The van der Waals surface area contributed by atoms with Gasteiger partial charge in [0.05, 0.1) is 4.83 Å². The summed E-state index contributed by atoms with van der Waals surface area (Å²) in [5.41, 5.74) is 5.10. The maximum atomic E-state index is 6.08. The Morgan fingerprint density at radius 1 is 1.11 bits per heavy atom. The summed E-state index contributed by atoms with van der Waals surface area (Å²) in [6, 6.07) is 14.8. The van der Waals surface area contributed by atoms with Crippen LogP contribution in [0, 0.1) is 6.92 Å². The van der Waals surface area contributed by atoms with Gasteiger partial charge in [-0.15, -0.1) is 0 Å². The Balaban J connectivity index is 2.34. The van der Waals surface area contributed by atoms with E-state index in [0.29, 0.717) is 0 Å². The Morgan fingerprint density at radius 2 is 1.78 bits per heavy atom. The number of rotatable bonds is 3. The van der Waals surface area contributed by atoms with Gasteiger partial charge in [0.25, 0.3) is 0 Å². The molecule has 2 aromatic rings. The standard InChI is InChI=1S/C16H16BrCl/c1-3-12-5-7-13(8-6-12)16(17)15-10-14(18)9-4-11(15)2/h4-10,16H,3H2,1-2H3. The first kappa shape index (κ1) is 13.6. The zero-order chi connectivity index (χ0) is 13.1. The van der Waals surface area contributed by atoms with Crippen molar-refractivity contribution in [1.29, 1.82) is 0 Å². The van der Waals surface area contributed by atoms with E-state index in [1.807, 2.05) is 12.1 Å². The highest BCUT2D eigenvalue weighted by Gasteiger charge is 2.13. The number of aryl methyl sites for hydroxylation is 2. The molecule has 0 N–H and O–H groups in total. The molecule has 0 spiro atoms. The number of alkyl halides is 1. The summed E-state index contributed by atoms with van der Waals surface area (Å²) < 4.78 is 0. The van der Waals surface area contributed by atoms with Gasteiger partial charge in [0.2, 0.25) is 0 Å². The third kappa shape index (κ3) is 2.96. The van der Waals surface area contributed by atoms with Crippen LogP contribution < -0.4 is 0 Å². The van der Waals surface area contributed by atoms with Gasteiger partial charge in [0, 0.05) is 5.02 Å². The van der Waals surface area contributed by atoms with Gasteiger partial charge < -0.3 is 0 Å². The van der Waals surface area contributed by atoms with Gasteiger partial charge in [-0.2, -0.15) is 0 Å².